The van der Waals surface area contributed by atoms with Crippen molar-refractivity contribution in [2.24, 2.45) is 5.73 Å². The summed E-state index contributed by atoms with van der Waals surface area (Å²) in [5.74, 6) is 0. The van der Waals surface area contributed by atoms with Gasteiger partial charge in [0.15, 0.2) is 0 Å². The molecule has 0 aliphatic rings. The molecule has 0 atom stereocenters. The van der Waals surface area contributed by atoms with Gasteiger partial charge in [0, 0.05) is 27.7 Å². The molecule has 2 aromatic carbocycles. The van der Waals surface area contributed by atoms with Crippen molar-refractivity contribution in [3.63, 3.8) is 0 Å². The molecule has 3 aromatic rings. The summed E-state index contributed by atoms with van der Waals surface area (Å²) < 4.78 is 0. The number of nitrogens with two attached hydrogens (primary N) is 1. The van der Waals surface area contributed by atoms with Gasteiger partial charge < -0.3 is 10.7 Å². The number of hydrogen-bond acceptors (Lipinski definition) is 1. The number of rotatable bonds is 3. The van der Waals surface area contributed by atoms with Crippen LogP contribution in [0.3, 0.4) is 0 Å². The van der Waals surface area contributed by atoms with E-state index in [4.69, 9.17) is 5.73 Å². The maximum Gasteiger partial charge on any atom is 0.0504 e. The van der Waals surface area contributed by atoms with Crippen LogP contribution < -0.4 is 5.73 Å². The minimum atomic E-state index is 0.598. The molecule has 0 saturated heterocycles. The second kappa shape index (κ2) is 4.89. The van der Waals surface area contributed by atoms with Gasteiger partial charge in [0.05, 0.1) is 5.69 Å². The molecule has 2 nitrogen and oxygen atoms in total. The highest BCUT2D eigenvalue weighted by molar-refractivity contribution is 5.93. The third-order valence-corrected chi connectivity index (χ3v) is 3.71. The van der Waals surface area contributed by atoms with E-state index in [0.717, 1.165) is 28.8 Å². The molecule has 0 spiro atoms. The lowest BCUT2D eigenvalue weighted by Gasteiger charge is -2.09. The molecule has 0 unspecified atom stereocenters. The van der Waals surface area contributed by atoms with E-state index in [9.17, 15) is 0 Å². The summed E-state index contributed by atoms with van der Waals surface area (Å²) in [5.41, 5.74) is 12.3. The zero-order chi connectivity index (χ0) is 14.1. The lowest BCUT2D eigenvalue weighted by molar-refractivity contribution is 1.16. The number of para-hydroxylation sites is 1. The maximum absolute atomic E-state index is 5.93. The van der Waals surface area contributed by atoms with Crippen molar-refractivity contribution >= 4 is 16.6 Å². The van der Waals surface area contributed by atoms with Crippen LogP contribution in [0.4, 0.5) is 0 Å². The first-order valence-corrected chi connectivity index (χ1v) is 6.86. The van der Waals surface area contributed by atoms with E-state index in [-0.39, 0.29) is 0 Å². The van der Waals surface area contributed by atoms with Crippen LogP contribution in [-0.2, 0) is 6.42 Å². The fourth-order valence-electron chi connectivity index (χ4n) is 2.78. The molecule has 100 valence electrons. The number of aryl methyl sites for hydroxylation is 1. The van der Waals surface area contributed by atoms with Crippen LogP contribution in [0.5, 0.6) is 0 Å². The van der Waals surface area contributed by atoms with E-state index in [2.05, 4.69) is 48.8 Å². The normalized spacial score (nSPS) is 10.8. The van der Waals surface area contributed by atoms with Gasteiger partial charge in [-0.2, -0.15) is 0 Å². The summed E-state index contributed by atoms with van der Waals surface area (Å²) in [6.45, 7) is 6.06. The molecular formula is C18H18N2. The number of aromatic nitrogens is 1. The number of benzene rings is 2. The molecule has 1 heterocycles. The number of aromatic amines is 1. The highest BCUT2D eigenvalue weighted by Crippen LogP contribution is 2.33. The van der Waals surface area contributed by atoms with E-state index in [1.165, 1.54) is 10.9 Å². The van der Waals surface area contributed by atoms with Crippen LogP contribution in [0.2, 0.25) is 0 Å². The molecule has 0 aliphatic heterocycles. The van der Waals surface area contributed by atoms with Crippen LogP contribution in [0.1, 0.15) is 18.1 Å². The molecule has 0 bridgehead atoms. The summed E-state index contributed by atoms with van der Waals surface area (Å²) in [4.78, 5) is 3.53. The largest absolute Gasteiger partial charge is 0.399 e. The quantitative estimate of drug-likeness (QED) is 0.725. The van der Waals surface area contributed by atoms with E-state index >= 15 is 0 Å². The van der Waals surface area contributed by atoms with Gasteiger partial charge in [0.1, 0.15) is 0 Å². The van der Waals surface area contributed by atoms with Gasteiger partial charge in [-0.05, 0) is 18.1 Å². The average Bonchev–Trinajstić information content (AvgIpc) is 2.85. The Kier molecular flexibility index (Phi) is 3.07. The molecule has 0 aliphatic carbocycles. The molecule has 0 saturated carbocycles. The number of fused-ring (bicyclic) bond motifs is 1. The molecule has 0 fully saturated rings. The predicted octanol–water partition coefficient (Wildman–Crippen LogP) is 4.33. The first-order valence-electron chi connectivity index (χ1n) is 6.86. The molecule has 3 rings (SSSR count). The Morgan fingerprint density at radius 2 is 1.80 bits per heavy atom. The third-order valence-electron chi connectivity index (χ3n) is 3.71. The number of hydrogen-bond donors (Lipinski definition) is 2. The number of H-pyrrole nitrogens is 1. The van der Waals surface area contributed by atoms with Gasteiger partial charge in [-0.15, -0.1) is 0 Å². The average molecular weight is 262 g/mol. The van der Waals surface area contributed by atoms with E-state index in [0.29, 0.717) is 5.70 Å². The Balaban J connectivity index is 2.32. The molecule has 2 heteroatoms. The molecule has 0 amide bonds. The van der Waals surface area contributed by atoms with E-state index in [1.54, 1.807) is 0 Å². The van der Waals surface area contributed by atoms with Crippen LogP contribution >= 0.6 is 0 Å². The zero-order valence-corrected chi connectivity index (χ0v) is 11.6. The molecule has 0 radical (unpaired) electrons. The van der Waals surface area contributed by atoms with Crippen molar-refractivity contribution in [1.29, 1.82) is 0 Å². The molecule has 1 aromatic heterocycles. The lowest BCUT2D eigenvalue weighted by atomic mass is 9.98. The maximum atomic E-state index is 5.93. The van der Waals surface area contributed by atoms with Gasteiger partial charge >= 0.3 is 0 Å². The summed E-state index contributed by atoms with van der Waals surface area (Å²) >= 11 is 0. The van der Waals surface area contributed by atoms with Gasteiger partial charge in [-0.3, -0.25) is 0 Å². The van der Waals surface area contributed by atoms with Crippen molar-refractivity contribution in [2.45, 2.75) is 13.3 Å². The van der Waals surface area contributed by atoms with Crippen LogP contribution in [0.15, 0.2) is 55.1 Å². The first kappa shape index (κ1) is 12.5. The van der Waals surface area contributed by atoms with Crippen molar-refractivity contribution in [2.75, 3.05) is 0 Å². The van der Waals surface area contributed by atoms with Crippen molar-refractivity contribution in [3.8, 4) is 11.3 Å². The van der Waals surface area contributed by atoms with Gasteiger partial charge in [-0.1, -0.05) is 56.0 Å². The minimum Gasteiger partial charge on any atom is -0.399 e. The van der Waals surface area contributed by atoms with E-state index < -0.39 is 0 Å². The minimum absolute atomic E-state index is 0.598. The molecular weight excluding hydrogens is 244 g/mol. The van der Waals surface area contributed by atoms with Crippen LogP contribution in [0.25, 0.3) is 27.9 Å². The zero-order valence-electron chi connectivity index (χ0n) is 11.6. The highest BCUT2D eigenvalue weighted by atomic mass is 14.7. The highest BCUT2D eigenvalue weighted by Gasteiger charge is 2.14. The SMILES string of the molecule is C=C(N)c1ccccc1-c1[nH]c2ccccc2c1CC. The Bertz CT molecular complexity index is 781. The van der Waals surface area contributed by atoms with Crippen molar-refractivity contribution in [3.05, 3.63) is 66.2 Å². The Morgan fingerprint density at radius 1 is 1.10 bits per heavy atom. The second-order valence-corrected chi connectivity index (χ2v) is 4.95. The monoisotopic (exact) mass is 262 g/mol. The van der Waals surface area contributed by atoms with Gasteiger partial charge in [-0.25, -0.2) is 0 Å². The third kappa shape index (κ3) is 1.90. The Labute approximate surface area is 118 Å². The summed E-state index contributed by atoms with van der Waals surface area (Å²) in [6, 6.07) is 16.5. The molecule has 3 N–H and O–H groups in total. The van der Waals surface area contributed by atoms with Gasteiger partial charge in [0.25, 0.3) is 0 Å². The topological polar surface area (TPSA) is 41.8 Å². The summed E-state index contributed by atoms with van der Waals surface area (Å²) in [6.07, 6.45) is 0.977. The van der Waals surface area contributed by atoms with Crippen molar-refractivity contribution < 1.29 is 0 Å². The molecule has 20 heavy (non-hydrogen) atoms. The standard InChI is InChI=1S/C18H18N2/c1-3-13-15-9-6-7-11-17(15)20-18(13)16-10-5-4-8-14(16)12(2)19/h4-11,20H,2-3,19H2,1H3. The van der Waals surface area contributed by atoms with Gasteiger partial charge in [0.2, 0.25) is 0 Å². The lowest BCUT2D eigenvalue weighted by Crippen LogP contribution is -1.97. The summed E-state index contributed by atoms with van der Waals surface area (Å²) in [7, 11) is 0. The smallest absolute Gasteiger partial charge is 0.0504 e. The second-order valence-electron chi connectivity index (χ2n) is 4.95. The van der Waals surface area contributed by atoms with Crippen LogP contribution in [0, 0.1) is 0 Å². The van der Waals surface area contributed by atoms with Crippen LogP contribution in [-0.4, -0.2) is 4.98 Å². The predicted molar refractivity (Wildman–Crippen MR) is 86.3 cm³/mol. The fraction of sp³-hybridized carbons (Fsp3) is 0.111. The Hall–Kier alpha value is -2.48. The summed E-state index contributed by atoms with van der Waals surface area (Å²) in [5, 5.41) is 1.28. The van der Waals surface area contributed by atoms with Crippen molar-refractivity contribution in [1.82, 2.24) is 4.98 Å². The number of nitrogens with one attached hydrogen (secondary N) is 1. The fourth-order valence-corrected chi connectivity index (χ4v) is 2.78. The Morgan fingerprint density at radius 3 is 2.55 bits per heavy atom. The van der Waals surface area contributed by atoms with E-state index in [1.807, 2.05) is 18.2 Å². The first-order chi connectivity index (χ1) is 9.72.